The number of hydrogen-bond donors (Lipinski definition) is 1. The van der Waals surface area contributed by atoms with Crippen LogP contribution in [-0.2, 0) is 6.42 Å². The first kappa shape index (κ1) is 17.6. The Bertz CT molecular complexity index is 615. The maximum Gasteiger partial charge on any atom is 0.227 e. The third-order valence-electron chi connectivity index (χ3n) is 4.18. The highest BCUT2D eigenvalue weighted by Gasteiger charge is 2.22. The Kier molecular flexibility index (Phi) is 6.29. The normalized spacial score (nSPS) is 19.0. The van der Waals surface area contributed by atoms with Gasteiger partial charge >= 0.3 is 0 Å². The molecule has 2 aromatic heterocycles. The minimum atomic E-state index is 0. The van der Waals surface area contributed by atoms with Crippen LogP contribution < -0.4 is 10.1 Å². The molecule has 126 valence electrons. The summed E-state index contributed by atoms with van der Waals surface area (Å²) >= 11 is 0. The molecule has 7 nitrogen and oxygen atoms in total. The van der Waals surface area contributed by atoms with E-state index >= 15 is 0 Å². The summed E-state index contributed by atoms with van der Waals surface area (Å²) in [7, 11) is 1.56. The first-order valence-corrected chi connectivity index (χ1v) is 7.66. The Morgan fingerprint density at radius 3 is 3.04 bits per heavy atom. The molecule has 3 rings (SSSR count). The van der Waals surface area contributed by atoms with Crippen molar-refractivity contribution in [3.63, 3.8) is 0 Å². The fourth-order valence-electron chi connectivity index (χ4n) is 2.82. The second kappa shape index (κ2) is 8.21. The summed E-state index contributed by atoms with van der Waals surface area (Å²) in [6, 6.07) is 1.70. The van der Waals surface area contributed by atoms with Gasteiger partial charge in [0.25, 0.3) is 0 Å². The molecule has 1 N–H and O–H groups in total. The van der Waals surface area contributed by atoms with Gasteiger partial charge in [0.15, 0.2) is 0 Å². The van der Waals surface area contributed by atoms with Gasteiger partial charge in [0.1, 0.15) is 12.0 Å². The summed E-state index contributed by atoms with van der Waals surface area (Å²) in [5.74, 6) is 2.80. The van der Waals surface area contributed by atoms with Crippen molar-refractivity contribution < 1.29 is 9.26 Å². The summed E-state index contributed by atoms with van der Waals surface area (Å²) in [6.07, 6.45) is 4.73. The molecule has 0 bridgehead atoms. The molecule has 1 aliphatic rings. The molecule has 0 spiro atoms. The van der Waals surface area contributed by atoms with Crippen LogP contribution in [-0.4, -0.2) is 40.3 Å². The van der Waals surface area contributed by atoms with E-state index in [9.17, 15) is 0 Å². The molecule has 0 aromatic carbocycles. The number of hydrogen-bond acceptors (Lipinski definition) is 7. The zero-order valence-electron chi connectivity index (χ0n) is 13.4. The van der Waals surface area contributed by atoms with Crippen LogP contribution in [0.4, 0.5) is 0 Å². The van der Waals surface area contributed by atoms with Gasteiger partial charge in [-0.25, -0.2) is 9.97 Å². The SMILES string of the molecule is COc1cc(-c2noc(CC(C)C3CCCNC3)n2)ncn1.Cl. The maximum absolute atomic E-state index is 5.37. The largest absolute Gasteiger partial charge is 0.481 e. The summed E-state index contributed by atoms with van der Waals surface area (Å²) in [6.45, 7) is 4.45. The van der Waals surface area contributed by atoms with Crippen LogP contribution in [0.5, 0.6) is 5.88 Å². The fourth-order valence-corrected chi connectivity index (χ4v) is 2.82. The number of halogens is 1. The third-order valence-corrected chi connectivity index (χ3v) is 4.18. The average Bonchev–Trinajstić information content (AvgIpc) is 3.04. The van der Waals surface area contributed by atoms with Gasteiger partial charge in [-0.15, -0.1) is 12.4 Å². The minimum absolute atomic E-state index is 0. The van der Waals surface area contributed by atoms with Gasteiger partial charge in [0.05, 0.1) is 7.11 Å². The van der Waals surface area contributed by atoms with Crippen molar-refractivity contribution >= 4 is 12.4 Å². The molecule has 23 heavy (non-hydrogen) atoms. The van der Waals surface area contributed by atoms with E-state index in [0.717, 1.165) is 19.5 Å². The number of methoxy groups -OCH3 is 1. The van der Waals surface area contributed by atoms with Crippen molar-refractivity contribution in [2.75, 3.05) is 20.2 Å². The number of nitrogens with one attached hydrogen (secondary N) is 1. The lowest BCUT2D eigenvalue weighted by molar-refractivity contribution is 0.257. The Hall–Kier alpha value is -1.73. The highest BCUT2D eigenvalue weighted by molar-refractivity contribution is 5.85. The quantitative estimate of drug-likeness (QED) is 0.892. The van der Waals surface area contributed by atoms with E-state index in [4.69, 9.17) is 9.26 Å². The van der Waals surface area contributed by atoms with Gasteiger partial charge < -0.3 is 14.6 Å². The van der Waals surface area contributed by atoms with Crippen molar-refractivity contribution in [2.45, 2.75) is 26.2 Å². The van der Waals surface area contributed by atoms with Crippen LogP contribution in [0.1, 0.15) is 25.7 Å². The Morgan fingerprint density at radius 1 is 1.43 bits per heavy atom. The number of piperidine rings is 1. The van der Waals surface area contributed by atoms with Gasteiger partial charge in [0.2, 0.25) is 17.6 Å². The molecule has 2 atom stereocenters. The van der Waals surface area contributed by atoms with Gasteiger partial charge in [-0.1, -0.05) is 12.1 Å². The lowest BCUT2D eigenvalue weighted by Gasteiger charge is -2.27. The minimum Gasteiger partial charge on any atom is -0.481 e. The molecule has 1 aliphatic heterocycles. The summed E-state index contributed by atoms with van der Waals surface area (Å²) in [5, 5.41) is 7.46. The first-order valence-electron chi connectivity index (χ1n) is 7.66. The Labute approximate surface area is 141 Å². The van der Waals surface area contributed by atoms with Crippen LogP contribution in [0.15, 0.2) is 16.9 Å². The highest BCUT2D eigenvalue weighted by Crippen LogP contribution is 2.24. The monoisotopic (exact) mass is 339 g/mol. The van der Waals surface area contributed by atoms with E-state index in [2.05, 4.69) is 32.3 Å². The summed E-state index contributed by atoms with van der Waals surface area (Å²) < 4.78 is 10.5. The topological polar surface area (TPSA) is 86.0 Å². The molecule has 8 heteroatoms. The van der Waals surface area contributed by atoms with Crippen LogP contribution in [0, 0.1) is 11.8 Å². The van der Waals surface area contributed by atoms with Crippen molar-refractivity contribution in [3.05, 3.63) is 18.3 Å². The highest BCUT2D eigenvalue weighted by atomic mass is 35.5. The lowest BCUT2D eigenvalue weighted by Crippen LogP contribution is -2.33. The van der Waals surface area contributed by atoms with E-state index < -0.39 is 0 Å². The van der Waals surface area contributed by atoms with Crippen molar-refractivity contribution in [3.8, 4) is 17.4 Å². The van der Waals surface area contributed by atoms with Gasteiger partial charge in [-0.05, 0) is 37.8 Å². The Morgan fingerprint density at radius 2 is 2.30 bits per heavy atom. The predicted octanol–water partition coefficient (Wildman–Crippen LogP) is 2.14. The van der Waals surface area contributed by atoms with Crippen LogP contribution in [0.25, 0.3) is 11.5 Å². The molecule has 2 aromatic rings. The van der Waals surface area contributed by atoms with Crippen molar-refractivity contribution in [1.29, 1.82) is 0 Å². The van der Waals surface area contributed by atoms with Crippen molar-refractivity contribution in [2.24, 2.45) is 11.8 Å². The van der Waals surface area contributed by atoms with E-state index in [-0.39, 0.29) is 12.4 Å². The molecule has 0 saturated carbocycles. The number of ether oxygens (including phenoxy) is 1. The number of aromatic nitrogens is 4. The summed E-state index contributed by atoms with van der Waals surface area (Å²) in [5.41, 5.74) is 0.605. The first-order chi connectivity index (χ1) is 10.8. The van der Waals surface area contributed by atoms with Gasteiger partial charge in [0, 0.05) is 12.5 Å². The standard InChI is InChI=1S/C15H21N5O2.ClH/c1-10(11-4-3-5-16-8-11)6-14-19-15(20-22-14)12-7-13(21-2)18-9-17-12;/h7,9-11,16H,3-6,8H2,1-2H3;1H. The average molecular weight is 340 g/mol. The Balaban J connectivity index is 0.00000192. The molecule has 1 fully saturated rings. The van der Waals surface area contributed by atoms with Crippen LogP contribution >= 0.6 is 12.4 Å². The van der Waals surface area contributed by atoms with Crippen LogP contribution in [0.3, 0.4) is 0 Å². The molecule has 0 amide bonds. The zero-order valence-corrected chi connectivity index (χ0v) is 14.2. The van der Waals surface area contributed by atoms with E-state index in [0.29, 0.717) is 35.1 Å². The van der Waals surface area contributed by atoms with Gasteiger partial charge in [-0.2, -0.15) is 4.98 Å². The summed E-state index contributed by atoms with van der Waals surface area (Å²) in [4.78, 5) is 12.6. The van der Waals surface area contributed by atoms with E-state index in [1.54, 1.807) is 13.2 Å². The smallest absolute Gasteiger partial charge is 0.227 e. The second-order valence-corrected chi connectivity index (χ2v) is 5.75. The third kappa shape index (κ3) is 4.39. The van der Waals surface area contributed by atoms with Crippen LogP contribution in [0.2, 0.25) is 0 Å². The molecule has 0 radical (unpaired) electrons. The molecule has 3 heterocycles. The number of rotatable bonds is 5. The molecule has 1 saturated heterocycles. The molecular weight excluding hydrogens is 318 g/mol. The van der Waals surface area contributed by atoms with E-state index in [1.807, 2.05) is 0 Å². The lowest BCUT2D eigenvalue weighted by atomic mass is 9.85. The van der Waals surface area contributed by atoms with Crippen molar-refractivity contribution in [1.82, 2.24) is 25.4 Å². The second-order valence-electron chi connectivity index (χ2n) is 5.75. The van der Waals surface area contributed by atoms with Gasteiger partial charge in [-0.3, -0.25) is 0 Å². The fraction of sp³-hybridized carbons (Fsp3) is 0.600. The number of nitrogens with zero attached hydrogens (tertiary/aromatic N) is 4. The predicted molar refractivity (Wildman–Crippen MR) is 87.6 cm³/mol. The maximum atomic E-state index is 5.37. The molecule has 0 aliphatic carbocycles. The molecule has 2 unspecified atom stereocenters. The van der Waals surface area contributed by atoms with E-state index in [1.165, 1.54) is 19.2 Å². The molecular formula is C15H22ClN5O2. The zero-order chi connectivity index (χ0) is 15.4.